The van der Waals surface area contributed by atoms with E-state index in [4.69, 9.17) is 30.4 Å². The Morgan fingerprint density at radius 1 is 0.833 bits per heavy atom. The molecule has 11 heteroatoms. The molecular weight excluding hydrogens is 837 g/mol. The third-order valence-electron chi connectivity index (χ3n) is 15.4. The molecule has 1 aromatic rings. The number of rotatable bonds is 20. The summed E-state index contributed by atoms with van der Waals surface area (Å²) in [6, 6.07) is -0.916. The van der Waals surface area contributed by atoms with Crippen LogP contribution in [0.1, 0.15) is 174 Å². The maximum Gasteiger partial charge on any atom is 2.00 e. The maximum atomic E-state index is 13.7. The van der Waals surface area contributed by atoms with Gasteiger partial charge in [-0.05, 0) is 99.0 Å². The molecule has 3 fully saturated rings. The van der Waals surface area contributed by atoms with Crippen LogP contribution in [0.2, 0.25) is 0 Å². The zero-order valence-electron chi connectivity index (χ0n) is 42.3. The van der Waals surface area contributed by atoms with E-state index >= 15 is 0 Å². The van der Waals surface area contributed by atoms with Crippen molar-refractivity contribution < 1.29 is 29.0 Å². The fraction of sp³-hybridized carbons (Fsp3) is 0.655. The van der Waals surface area contributed by atoms with Crippen molar-refractivity contribution in [2.24, 2.45) is 53.3 Å². The normalized spacial score (nSPS) is 28.9. The van der Waals surface area contributed by atoms with Crippen LogP contribution in [-0.2, 0) is 19.1 Å². The summed E-state index contributed by atoms with van der Waals surface area (Å²) in [5.41, 5.74) is 8.22. The predicted molar refractivity (Wildman–Crippen MR) is 268 cm³/mol. The Kier molecular flexibility index (Phi) is 19.0. The monoisotopic (exact) mass is 915 g/mol. The molecule has 0 saturated carbocycles. The van der Waals surface area contributed by atoms with Gasteiger partial charge in [0, 0.05) is 12.0 Å². The van der Waals surface area contributed by atoms with Gasteiger partial charge in [0.1, 0.15) is 18.3 Å². The maximum absolute atomic E-state index is 13.7. The Balaban J connectivity index is 0.00000817. The number of ether oxygens (including phenoxy) is 2. The number of hydrogen-bond acceptors (Lipinski definition) is 6. The number of esters is 2. The minimum atomic E-state index is -1.06. The molecule has 1 N–H and O–H groups in total. The van der Waals surface area contributed by atoms with Crippen molar-refractivity contribution in [2.45, 2.75) is 165 Å². The molecule has 5 aliphatic rings. The Labute approximate surface area is 413 Å². The fourth-order valence-corrected chi connectivity index (χ4v) is 11.2. The standard InChI is InChI=1S/C55H79N4O6.Mg/c1-13-39-34(7)41-29-46-48(38(11)60)36(9)43(57-46)27-42-35(8)40(52(58-42)50-51(55(63)64-12)54(62)49-37(10)44(59-53(49)50)28-45(39)56-41)23-24-47(61)65-26-25-33(6)22-16-21-32(5)20-15-19-31(4)18-14-17-30(2)3;/h25,27-32,34-35,37,39-40,44,51-52H,13-24,26H2,1-12H3,(H2-,56,57,60,62);/q-3;+2/p-1/b33-25+,42-27+,45-28+;/t31-,32-,34+,35-,37?,39+,40-,44+,51+,52?;/m0./s1. The molecule has 1 aromatic heterocycles. The predicted octanol–water partition coefficient (Wildman–Crippen LogP) is 13.4. The van der Waals surface area contributed by atoms with Crippen LogP contribution in [0, 0.1) is 60.2 Å². The molecule has 0 amide bonds. The molecule has 4 aliphatic heterocycles. The summed E-state index contributed by atoms with van der Waals surface area (Å²) in [6.07, 6.45) is 20.8. The largest absolute Gasteiger partial charge is 2.00 e. The number of aromatic nitrogens is 1. The van der Waals surface area contributed by atoms with Crippen LogP contribution in [0.5, 0.6) is 0 Å². The van der Waals surface area contributed by atoms with E-state index < -0.39 is 17.9 Å². The number of aliphatic hydroxyl groups is 1. The van der Waals surface area contributed by atoms with Crippen molar-refractivity contribution in [1.29, 1.82) is 0 Å². The van der Waals surface area contributed by atoms with Crippen LogP contribution < -0.4 is 4.98 Å². The summed E-state index contributed by atoms with van der Waals surface area (Å²) >= 11 is 0. The third kappa shape index (κ3) is 11.9. The molecule has 66 heavy (non-hydrogen) atoms. The summed E-state index contributed by atoms with van der Waals surface area (Å²) in [5, 5.41) is 27.7. The molecule has 5 heterocycles. The Morgan fingerprint density at radius 2 is 1.48 bits per heavy atom. The van der Waals surface area contributed by atoms with Crippen molar-refractivity contribution >= 4 is 52.9 Å². The van der Waals surface area contributed by atoms with Crippen LogP contribution in [0.25, 0.3) is 28.1 Å². The van der Waals surface area contributed by atoms with Gasteiger partial charge in [0.2, 0.25) is 0 Å². The van der Waals surface area contributed by atoms with Gasteiger partial charge in [0.05, 0.1) is 7.11 Å². The van der Waals surface area contributed by atoms with Crippen LogP contribution >= 0.6 is 0 Å². The molecule has 6 rings (SSSR count). The van der Waals surface area contributed by atoms with Crippen LogP contribution in [0.3, 0.4) is 0 Å². The van der Waals surface area contributed by atoms with E-state index in [1.807, 2.05) is 32.1 Å². The van der Waals surface area contributed by atoms with Crippen molar-refractivity contribution in [3.63, 3.8) is 0 Å². The molecular formula is C55H78MgN4O6-2. The number of carbonyl (C=O) groups is 3. The van der Waals surface area contributed by atoms with Gasteiger partial charge in [-0.2, -0.15) is 17.1 Å². The van der Waals surface area contributed by atoms with Gasteiger partial charge in [0.25, 0.3) is 0 Å². The minimum absolute atomic E-state index is 0. The SMILES string of the molecule is CC[C@H]1/C2=C\[C@H]3[N-]C4=C(C5[N-]/C(=C/c6[n-]c(c(C(C)=O)c6C)/C=C(\[N-]2)[C@@H]1C)[C@@H](C)[C@@H]5CCC(=O)OC/C=C(\C)CCC[C@@H](C)CCC[C@@H](C)CCCC(C)C)[C@@H](C(=O)OC)C(O)=C4C3C.[Mg+2]. The number of fused-ring (bicyclic) bond motifs is 8. The summed E-state index contributed by atoms with van der Waals surface area (Å²) in [7, 11) is 1.33. The van der Waals surface area contributed by atoms with Crippen molar-refractivity contribution in [1.82, 2.24) is 4.98 Å². The summed E-state index contributed by atoms with van der Waals surface area (Å²) in [5.74, 6) is -0.119. The van der Waals surface area contributed by atoms with Gasteiger partial charge in [-0.15, -0.1) is 23.2 Å². The number of Topliss-reactive ketones (excluding diaryl/α,β-unsaturated/α-hetero) is 1. The van der Waals surface area contributed by atoms with Gasteiger partial charge in [-0.3, -0.25) is 14.4 Å². The van der Waals surface area contributed by atoms with Crippen molar-refractivity contribution in [3.05, 3.63) is 95.9 Å². The molecule has 0 spiro atoms. The molecule has 2 unspecified atom stereocenters. The van der Waals surface area contributed by atoms with Gasteiger partial charge in [-0.25, -0.2) is 0 Å². The smallest absolute Gasteiger partial charge is 0.681 e. The van der Waals surface area contributed by atoms with E-state index in [0.717, 1.165) is 53.8 Å². The number of ketones is 1. The van der Waals surface area contributed by atoms with E-state index in [9.17, 15) is 19.5 Å². The molecule has 8 bridgehead atoms. The summed E-state index contributed by atoms with van der Waals surface area (Å²) in [6.45, 7) is 23.7. The van der Waals surface area contributed by atoms with E-state index in [1.54, 1.807) is 6.92 Å². The van der Waals surface area contributed by atoms with Crippen molar-refractivity contribution in [2.75, 3.05) is 13.7 Å². The molecule has 10 atom stereocenters. The number of aliphatic hydroxyl groups excluding tert-OH is 1. The summed E-state index contributed by atoms with van der Waals surface area (Å²) < 4.78 is 11.1. The number of carbonyl (C=O) groups excluding carboxylic acids is 3. The second kappa shape index (κ2) is 23.5. The van der Waals surface area contributed by atoms with E-state index in [2.05, 4.69) is 61.5 Å². The second-order valence-corrected chi connectivity index (χ2v) is 20.7. The first-order chi connectivity index (χ1) is 30.9. The van der Waals surface area contributed by atoms with Gasteiger partial charge in [-0.1, -0.05) is 148 Å². The van der Waals surface area contributed by atoms with Crippen LogP contribution in [0.15, 0.2) is 57.4 Å². The molecule has 3 saturated heterocycles. The van der Waals surface area contributed by atoms with Crippen LogP contribution in [0.4, 0.5) is 0 Å². The zero-order valence-corrected chi connectivity index (χ0v) is 43.8. The van der Waals surface area contributed by atoms with Crippen molar-refractivity contribution in [3.8, 4) is 0 Å². The first kappa shape index (κ1) is 53.3. The number of allylic oxidation sites excluding steroid dienone is 5. The Morgan fingerprint density at radius 3 is 2.12 bits per heavy atom. The van der Waals surface area contributed by atoms with Gasteiger partial charge >= 0.3 is 35.0 Å². The average molecular weight is 916 g/mol. The quantitative estimate of drug-likeness (QED) is 0.0593. The number of hydrogen-bond donors (Lipinski definition) is 1. The van der Waals surface area contributed by atoms with Crippen LogP contribution in [-0.4, -0.2) is 71.7 Å². The molecule has 0 aromatic carbocycles. The summed E-state index contributed by atoms with van der Waals surface area (Å²) in [4.78, 5) is 45.4. The van der Waals surface area contributed by atoms with E-state index in [0.29, 0.717) is 46.1 Å². The fourth-order valence-electron chi connectivity index (χ4n) is 11.2. The first-order valence-corrected chi connectivity index (χ1v) is 25.0. The Bertz CT molecular complexity index is 2120. The minimum Gasteiger partial charge on any atom is -0.681 e. The Hall–Kier alpha value is -3.70. The number of methoxy groups -OCH3 is 1. The number of nitrogens with zero attached hydrogens (tertiary/aromatic N) is 4. The molecule has 358 valence electrons. The second-order valence-electron chi connectivity index (χ2n) is 20.7. The molecule has 1 aliphatic carbocycles. The zero-order chi connectivity index (χ0) is 47.3. The van der Waals surface area contributed by atoms with E-state index in [-0.39, 0.29) is 89.2 Å². The third-order valence-corrected chi connectivity index (χ3v) is 15.4. The average Bonchev–Trinajstić information content (AvgIpc) is 4.00. The van der Waals surface area contributed by atoms with Gasteiger partial charge in [0.15, 0.2) is 5.78 Å². The molecule has 0 radical (unpaired) electrons. The topological polar surface area (TPSA) is 146 Å². The molecule has 10 nitrogen and oxygen atoms in total. The van der Waals surface area contributed by atoms with E-state index in [1.165, 1.54) is 57.6 Å². The van der Waals surface area contributed by atoms with Gasteiger partial charge < -0.3 is 35.5 Å². The first-order valence-electron chi connectivity index (χ1n) is 25.0.